The van der Waals surface area contributed by atoms with E-state index in [1.54, 1.807) is 23.5 Å². The first-order valence-electron chi connectivity index (χ1n) is 8.91. The zero-order valence-electron chi connectivity index (χ0n) is 15.1. The van der Waals surface area contributed by atoms with Gasteiger partial charge in [-0.05, 0) is 46.8 Å². The van der Waals surface area contributed by atoms with Crippen LogP contribution in [0, 0.1) is 0 Å². The highest BCUT2D eigenvalue weighted by Gasteiger charge is 2.28. The lowest BCUT2D eigenvalue weighted by Crippen LogP contribution is -2.53. The predicted octanol–water partition coefficient (Wildman–Crippen LogP) is 4.46. The van der Waals surface area contributed by atoms with E-state index in [-0.39, 0.29) is 12.1 Å². The molecule has 0 saturated carbocycles. The van der Waals surface area contributed by atoms with Gasteiger partial charge in [-0.15, -0.1) is 11.3 Å². The minimum absolute atomic E-state index is 0.194. The van der Waals surface area contributed by atoms with Crippen LogP contribution >= 0.6 is 11.3 Å². The summed E-state index contributed by atoms with van der Waals surface area (Å²) in [6, 6.07) is 20.1. The molecular weight excluding hydrogens is 358 g/mol. The van der Waals surface area contributed by atoms with Crippen molar-refractivity contribution in [2.45, 2.75) is 12.6 Å². The molecule has 1 fully saturated rings. The predicted molar refractivity (Wildman–Crippen MR) is 107 cm³/mol. The molecule has 4 rings (SSSR count). The SMILES string of the molecule is COC(=O)c1ccc(OC2CN(Cc3ccc(-c4cccs4)cc3)C2)cc1. The Morgan fingerprint density at radius 1 is 1.07 bits per heavy atom. The lowest BCUT2D eigenvalue weighted by molar-refractivity contribution is 0.0146. The molecular formula is C22H21NO3S. The molecule has 1 aliphatic rings. The minimum Gasteiger partial charge on any atom is -0.488 e. The molecule has 0 bridgehead atoms. The fourth-order valence-electron chi connectivity index (χ4n) is 3.18. The summed E-state index contributed by atoms with van der Waals surface area (Å²) in [5.41, 5.74) is 3.12. The fraction of sp³-hybridized carbons (Fsp3) is 0.227. The first kappa shape index (κ1) is 17.8. The average molecular weight is 379 g/mol. The van der Waals surface area contributed by atoms with Crippen LogP contribution in [0.4, 0.5) is 0 Å². The number of hydrogen-bond donors (Lipinski definition) is 0. The van der Waals surface area contributed by atoms with E-state index in [1.165, 1.54) is 23.1 Å². The number of esters is 1. The Hall–Kier alpha value is -2.63. The highest BCUT2D eigenvalue weighted by molar-refractivity contribution is 7.13. The number of nitrogens with zero attached hydrogens (tertiary/aromatic N) is 1. The molecule has 1 aromatic heterocycles. The number of methoxy groups -OCH3 is 1. The van der Waals surface area contributed by atoms with Crippen molar-refractivity contribution in [2.75, 3.05) is 20.2 Å². The van der Waals surface area contributed by atoms with Gasteiger partial charge in [-0.25, -0.2) is 4.79 Å². The zero-order chi connectivity index (χ0) is 18.6. The number of benzene rings is 2. The van der Waals surface area contributed by atoms with Gasteiger partial charge in [-0.2, -0.15) is 0 Å². The summed E-state index contributed by atoms with van der Waals surface area (Å²) in [5.74, 6) is 0.453. The molecule has 27 heavy (non-hydrogen) atoms. The molecule has 0 radical (unpaired) electrons. The van der Waals surface area contributed by atoms with Crippen LogP contribution in [0.25, 0.3) is 10.4 Å². The van der Waals surface area contributed by atoms with Crippen molar-refractivity contribution in [1.29, 1.82) is 0 Å². The van der Waals surface area contributed by atoms with E-state index >= 15 is 0 Å². The Labute approximate surface area is 163 Å². The average Bonchev–Trinajstić information content (AvgIpc) is 3.21. The largest absolute Gasteiger partial charge is 0.488 e. The van der Waals surface area contributed by atoms with Crippen LogP contribution < -0.4 is 4.74 Å². The molecule has 1 saturated heterocycles. The van der Waals surface area contributed by atoms with Crippen molar-refractivity contribution in [1.82, 2.24) is 4.90 Å². The summed E-state index contributed by atoms with van der Waals surface area (Å²) in [6.45, 7) is 2.75. The maximum Gasteiger partial charge on any atom is 0.337 e. The number of hydrogen-bond acceptors (Lipinski definition) is 5. The third-order valence-corrected chi connectivity index (χ3v) is 5.59. The number of carbonyl (C=O) groups is 1. The lowest BCUT2D eigenvalue weighted by atomic mass is 10.1. The van der Waals surface area contributed by atoms with E-state index in [4.69, 9.17) is 9.47 Å². The Bertz CT molecular complexity index is 882. The van der Waals surface area contributed by atoms with Crippen molar-refractivity contribution in [3.05, 3.63) is 77.2 Å². The topological polar surface area (TPSA) is 38.8 Å². The Morgan fingerprint density at radius 3 is 2.44 bits per heavy atom. The number of likely N-dealkylation sites (tertiary alicyclic amines) is 1. The van der Waals surface area contributed by atoms with Gasteiger partial charge in [0.2, 0.25) is 0 Å². The number of carbonyl (C=O) groups excluding carboxylic acids is 1. The molecule has 3 aromatic rings. The Balaban J connectivity index is 1.25. The Kier molecular flexibility index (Phi) is 5.23. The van der Waals surface area contributed by atoms with Gasteiger partial charge < -0.3 is 9.47 Å². The van der Waals surface area contributed by atoms with Gasteiger partial charge in [0.25, 0.3) is 0 Å². The van der Waals surface area contributed by atoms with E-state index in [1.807, 2.05) is 12.1 Å². The highest BCUT2D eigenvalue weighted by atomic mass is 32.1. The van der Waals surface area contributed by atoms with Crippen molar-refractivity contribution in [3.8, 4) is 16.2 Å². The van der Waals surface area contributed by atoms with Gasteiger partial charge in [0, 0.05) is 24.5 Å². The quantitative estimate of drug-likeness (QED) is 0.593. The van der Waals surface area contributed by atoms with Gasteiger partial charge in [-0.1, -0.05) is 30.3 Å². The molecule has 5 heteroatoms. The first-order valence-corrected chi connectivity index (χ1v) is 9.79. The van der Waals surface area contributed by atoms with Crippen LogP contribution in [-0.4, -0.2) is 37.2 Å². The van der Waals surface area contributed by atoms with Crippen LogP contribution in [-0.2, 0) is 11.3 Å². The summed E-state index contributed by atoms with van der Waals surface area (Å²) in [7, 11) is 1.38. The highest BCUT2D eigenvalue weighted by Crippen LogP contribution is 2.26. The third kappa shape index (κ3) is 4.21. The van der Waals surface area contributed by atoms with Crippen LogP contribution in [0.3, 0.4) is 0 Å². The second kappa shape index (κ2) is 7.94. The maximum absolute atomic E-state index is 11.4. The molecule has 2 aromatic carbocycles. The van der Waals surface area contributed by atoms with E-state index in [0.29, 0.717) is 5.56 Å². The Morgan fingerprint density at radius 2 is 1.81 bits per heavy atom. The van der Waals surface area contributed by atoms with E-state index in [0.717, 1.165) is 25.4 Å². The van der Waals surface area contributed by atoms with Gasteiger partial charge in [0.05, 0.1) is 12.7 Å². The zero-order valence-corrected chi connectivity index (χ0v) is 15.9. The molecule has 0 spiro atoms. The minimum atomic E-state index is -0.332. The molecule has 2 heterocycles. The maximum atomic E-state index is 11.4. The lowest BCUT2D eigenvalue weighted by Gasteiger charge is -2.39. The van der Waals surface area contributed by atoms with Crippen LogP contribution in [0.15, 0.2) is 66.0 Å². The van der Waals surface area contributed by atoms with Crippen LogP contribution in [0.2, 0.25) is 0 Å². The van der Waals surface area contributed by atoms with Crippen molar-refractivity contribution in [2.24, 2.45) is 0 Å². The second-order valence-electron chi connectivity index (χ2n) is 6.62. The van der Waals surface area contributed by atoms with Gasteiger partial charge in [0.15, 0.2) is 0 Å². The standard InChI is InChI=1S/C22H21NO3S/c1-25-22(24)18-8-10-19(11-9-18)26-20-14-23(15-20)13-16-4-6-17(7-5-16)21-3-2-12-27-21/h2-12,20H,13-15H2,1H3. The second-order valence-corrected chi connectivity index (χ2v) is 7.57. The fourth-order valence-corrected chi connectivity index (χ4v) is 3.91. The van der Waals surface area contributed by atoms with Gasteiger partial charge in [0.1, 0.15) is 11.9 Å². The molecule has 0 unspecified atom stereocenters. The smallest absolute Gasteiger partial charge is 0.337 e. The third-order valence-electron chi connectivity index (χ3n) is 4.67. The number of ether oxygens (including phenoxy) is 2. The van der Waals surface area contributed by atoms with Crippen LogP contribution in [0.1, 0.15) is 15.9 Å². The summed E-state index contributed by atoms with van der Waals surface area (Å²) in [6.07, 6.45) is 0.194. The first-order chi connectivity index (χ1) is 13.2. The summed E-state index contributed by atoms with van der Waals surface area (Å²) in [4.78, 5) is 15.1. The van der Waals surface area contributed by atoms with Crippen molar-refractivity contribution in [3.63, 3.8) is 0 Å². The van der Waals surface area contributed by atoms with Crippen molar-refractivity contribution < 1.29 is 14.3 Å². The van der Waals surface area contributed by atoms with Gasteiger partial charge >= 0.3 is 5.97 Å². The molecule has 1 aliphatic heterocycles. The van der Waals surface area contributed by atoms with Crippen LogP contribution in [0.5, 0.6) is 5.75 Å². The van der Waals surface area contributed by atoms with E-state index < -0.39 is 0 Å². The number of thiophene rings is 1. The van der Waals surface area contributed by atoms with Gasteiger partial charge in [-0.3, -0.25) is 4.90 Å². The molecule has 0 aliphatic carbocycles. The van der Waals surface area contributed by atoms with Crippen molar-refractivity contribution >= 4 is 17.3 Å². The molecule has 0 atom stereocenters. The molecule has 0 amide bonds. The number of rotatable bonds is 6. The summed E-state index contributed by atoms with van der Waals surface area (Å²) in [5, 5.41) is 2.10. The van der Waals surface area contributed by atoms with E-state index in [2.05, 4.69) is 46.7 Å². The summed E-state index contributed by atoms with van der Waals surface area (Å²) >= 11 is 1.76. The molecule has 4 nitrogen and oxygen atoms in total. The summed E-state index contributed by atoms with van der Waals surface area (Å²) < 4.78 is 10.7. The molecule has 138 valence electrons. The molecule has 0 N–H and O–H groups in total. The normalized spacial score (nSPS) is 14.6. The van der Waals surface area contributed by atoms with E-state index in [9.17, 15) is 4.79 Å². The monoisotopic (exact) mass is 379 g/mol.